The van der Waals surface area contributed by atoms with E-state index >= 15 is 0 Å². The lowest BCUT2D eigenvalue weighted by atomic mass is 10.2. The molecule has 0 aliphatic rings. The van der Waals surface area contributed by atoms with E-state index in [0.717, 1.165) is 0 Å². The number of aromatic nitrogens is 3. The molecule has 0 bridgehead atoms. The molecular weight excluding hydrogens is 516 g/mol. The molecule has 0 saturated heterocycles. The van der Waals surface area contributed by atoms with Gasteiger partial charge in [0.25, 0.3) is 11.5 Å². The lowest BCUT2D eigenvalue weighted by molar-refractivity contribution is -0.117. The van der Waals surface area contributed by atoms with E-state index in [0.29, 0.717) is 36.8 Å². The Labute approximate surface area is 231 Å². The van der Waals surface area contributed by atoms with E-state index in [1.165, 1.54) is 36.8 Å². The Kier molecular flexibility index (Phi) is 11.0. The van der Waals surface area contributed by atoms with Crippen LogP contribution in [-0.4, -0.2) is 59.9 Å². The summed E-state index contributed by atoms with van der Waals surface area (Å²) in [5, 5.41) is 0.190. The van der Waals surface area contributed by atoms with Crippen LogP contribution < -0.4 is 11.0 Å². The molecular formula is C29H34N4O7. The molecule has 0 aliphatic carbocycles. The topological polar surface area (TPSA) is 123 Å². The van der Waals surface area contributed by atoms with Gasteiger partial charge in [0.15, 0.2) is 17.0 Å². The molecule has 0 N–H and O–H groups in total. The van der Waals surface area contributed by atoms with E-state index < -0.39 is 11.9 Å². The number of fused-ring (bicyclic) bond motifs is 2. The second kappa shape index (κ2) is 14.6. The lowest BCUT2D eigenvalue weighted by Gasteiger charge is -2.15. The Hall–Kier alpha value is -4.51. The fraction of sp³-hybridized carbons (Fsp3) is 0.345. The van der Waals surface area contributed by atoms with Gasteiger partial charge in [-0.3, -0.25) is 14.0 Å². The minimum Gasteiger partial charge on any atom is -0.493 e. The van der Waals surface area contributed by atoms with Crippen LogP contribution in [0.15, 0.2) is 76.6 Å². The third-order valence-corrected chi connectivity index (χ3v) is 5.80. The van der Waals surface area contributed by atoms with Crippen LogP contribution in [-0.2, 0) is 30.3 Å². The average Bonchev–Trinajstić information content (AvgIpc) is 2.95. The van der Waals surface area contributed by atoms with Gasteiger partial charge in [0.2, 0.25) is 0 Å². The Balaban J connectivity index is 2.28. The molecule has 3 aromatic heterocycles. The first kappa shape index (κ1) is 30.0. The zero-order chi connectivity index (χ0) is 29.1. The van der Waals surface area contributed by atoms with Gasteiger partial charge in [0.05, 0.1) is 32.6 Å². The van der Waals surface area contributed by atoms with Gasteiger partial charge in [-0.05, 0) is 50.6 Å². The van der Waals surface area contributed by atoms with Gasteiger partial charge in [0.1, 0.15) is 16.9 Å². The zero-order valence-corrected chi connectivity index (χ0v) is 23.2. The fourth-order valence-corrected chi connectivity index (χ4v) is 4.02. The van der Waals surface area contributed by atoms with Crippen molar-refractivity contribution >= 4 is 28.6 Å². The second-order valence-electron chi connectivity index (χ2n) is 8.34. The number of methoxy groups -OCH3 is 2. The molecule has 0 fully saturated rings. The van der Waals surface area contributed by atoms with Crippen LogP contribution in [0, 0.1) is 0 Å². The summed E-state index contributed by atoms with van der Waals surface area (Å²) in [5.74, 6) is -0.577. The number of carbonyl (C=O) groups excluding carboxylic acids is 2. The molecule has 0 unspecified atom stereocenters. The van der Waals surface area contributed by atoms with E-state index in [1.807, 2.05) is 6.92 Å². The van der Waals surface area contributed by atoms with Crippen LogP contribution in [0.1, 0.15) is 37.0 Å². The Morgan fingerprint density at radius 2 is 1.90 bits per heavy atom. The number of allylic oxidation sites excluding steroid dienone is 2. The standard InChI is InChI=1S/C29H34N4O7/c1-6-12-22(37-4)23(38-5)14-15-25(34)31-27-21(29(36)40-8-3)19-20-26(33(27)17-11-18-39-7-2)30-24-13-9-10-16-32(24)28(20)35/h6,9-10,12-14,16,19H,1,7-8,11,15,17-18H2,2-5H3/b22-12-,23-14-,31-27?. The second-order valence-corrected chi connectivity index (χ2v) is 8.34. The molecule has 212 valence electrons. The summed E-state index contributed by atoms with van der Waals surface area (Å²) in [5.41, 5.74) is 0.357. The molecule has 0 radical (unpaired) electrons. The van der Waals surface area contributed by atoms with Crippen molar-refractivity contribution in [2.45, 2.75) is 33.2 Å². The smallest absolute Gasteiger partial charge is 0.341 e. The SMILES string of the molecule is C=C/C=C(OC)/C(=C/CC(=O)N=c1c(C(=O)OCC)cc2c(=O)n3ccccc3nc2n1CCCOCC)OC. The predicted molar refractivity (Wildman–Crippen MR) is 150 cm³/mol. The van der Waals surface area contributed by atoms with E-state index in [1.54, 1.807) is 42.0 Å². The summed E-state index contributed by atoms with van der Waals surface area (Å²) < 4.78 is 24.4. The molecule has 0 spiro atoms. The number of esters is 1. The molecule has 0 atom stereocenters. The number of carbonyl (C=O) groups is 2. The Morgan fingerprint density at radius 3 is 2.58 bits per heavy atom. The number of aryl methyl sites for hydroxylation is 1. The van der Waals surface area contributed by atoms with Crippen molar-refractivity contribution in [3.8, 4) is 0 Å². The van der Waals surface area contributed by atoms with Gasteiger partial charge in [-0.15, -0.1) is 0 Å². The average molecular weight is 551 g/mol. The van der Waals surface area contributed by atoms with Gasteiger partial charge in [-0.2, -0.15) is 4.99 Å². The summed E-state index contributed by atoms with van der Waals surface area (Å²) >= 11 is 0. The van der Waals surface area contributed by atoms with Crippen LogP contribution >= 0.6 is 0 Å². The van der Waals surface area contributed by atoms with Gasteiger partial charge in [-0.25, -0.2) is 9.78 Å². The first-order chi connectivity index (χ1) is 19.4. The van der Waals surface area contributed by atoms with Crippen LogP contribution in [0.2, 0.25) is 0 Å². The number of nitrogens with zero attached hydrogens (tertiary/aromatic N) is 4. The van der Waals surface area contributed by atoms with Gasteiger partial charge < -0.3 is 23.5 Å². The highest BCUT2D eigenvalue weighted by molar-refractivity contribution is 5.93. The predicted octanol–water partition coefficient (Wildman–Crippen LogP) is 3.32. The van der Waals surface area contributed by atoms with E-state index in [9.17, 15) is 14.4 Å². The van der Waals surface area contributed by atoms with E-state index in [4.69, 9.17) is 23.9 Å². The minimum absolute atomic E-state index is 0.0195. The highest BCUT2D eigenvalue weighted by Gasteiger charge is 2.20. The highest BCUT2D eigenvalue weighted by atomic mass is 16.5. The van der Waals surface area contributed by atoms with Gasteiger partial charge in [-0.1, -0.05) is 18.7 Å². The van der Waals surface area contributed by atoms with Crippen molar-refractivity contribution in [2.75, 3.05) is 34.0 Å². The first-order valence-corrected chi connectivity index (χ1v) is 12.9. The largest absolute Gasteiger partial charge is 0.493 e. The summed E-state index contributed by atoms with van der Waals surface area (Å²) in [7, 11) is 2.92. The number of hydrogen-bond donors (Lipinski definition) is 0. The molecule has 0 aromatic carbocycles. The van der Waals surface area contributed by atoms with Crippen LogP contribution in [0.4, 0.5) is 0 Å². The van der Waals surface area contributed by atoms with Crippen molar-refractivity contribution in [3.63, 3.8) is 0 Å². The van der Waals surface area contributed by atoms with E-state index in [-0.39, 0.29) is 47.2 Å². The molecule has 0 saturated carbocycles. The number of pyridine rings is 2. The molecule has 0 aliphatic heterocycles. The lowest BCUT2D eigenvalue weighted by Crippen LogP contribution is -2.33. The normalized spacial score (nSPS) is 12.6. The van der Waals surface area contributed by atoms with Gasteiger partial charge in [0, 0.05) is 26.0 Å². The molecule has 1 amide bonds. The van der Waals surface area contributed by atoms with E-state index in [2.05, 4.69) is 11.6 Å². The van der Waals surface area contributed by atoms with Gasteiger partial charge >= 0.3 is 5.97 Å². The summed E-state index contributed by atoms with van der Waals surface area (Å²) in [6.45, 7) is 8.53. The number of amides is 1. The maximum absolute atomic E-state index is 13.4. The Morgan fingerprint density at radius 1 is 1.12 bits per heavy atom. The summed E-state index contributed by atoms with van der Waals surface area (Å²) in [6, 6.07) is 6.57. The third kappa shape index (κ3) is 6.92. The minimum atomic E-state index is -0.712. The molecule has 3 aromatic rings. The molecule has 11 heteroatoms. The molecule has 3 rings (SSSR count). The van der Waals surface area contributed by atoms with Crippen molar-refractivity contribution in [1.29, 1.82) is 0 Å². The van der Waals surface area contributed by atoms with Crippen molar-refractivity contribution in [1.82, 2.24) is 14.0 Å². The number of rotatable bonds is 13. The maximum Gasteiger partial charge on any atom is 0.341 e. The molecule has 11 nitrogen and oxygen atoms in total. The van der Waals surface area contributed by atoms with Crippen molar-refractivity contribution in [3.05, 3.63) is 88.2 Å². The monoisotopic (exact) mass is 550 g/mol. The fourth-order valence-electron chi connectivity index (χ4n) is 4.02. The van der Waals surface area contributed by atoms with Crippen molar-refractivity contribution < 1.29 is 28.5 Å². The van der Waals surface area contributed by atoms with Crippen molar-refractivity contribution in [2.24, 2.45) is 4.99 Å². The third-order valence-electron chi connectivity index (χ3n) is 5.80. The summed E-state index contributed by atoms with van der Waals surface area (Å²) in [4.78, 5) is 48.7. The quantitative estimate of drug-likeness (QED) is 0.104. The Bertz CT molecular complexity index is 1580. The molecule has 3 heterocycles. The number of ether oxygens (including phenoxy) is 4. The van der Waals surface area contributed by atoms with Crippen LogP contribution in [0.5, 0.6) is 0 Å². The molecule has 40 heavy (non-hydrogen) atoms. The maximum atomic E-state index is 13.4. The van der Waals surface area contributed by atoms with Crippen LogP contribution in [0.3, 0.4) is 0 Å². The first-order valence-electron chi connectivity index (χ1n) is 12.9. The summed E-state index contributed by atoms with van der Waals surface area (Å²) in [6.07, 6.45) is 6.61. The zero-order valence-electron chi connectivity index (χ0n) is 23.2. The highest BCUT2D eigenvalue weighted by Crippen LogP contribution is 2.14. The number of hydrogen-bond acceptors (Lipinski definition) is 8. The van der Waals surface area contributed by atoms with Crippen LogP contribution in [0.25, 0.3) is 16.7 Å².